The van der Waals surface area contributed by atoms with Crippen LogP contribution in [0.15, 0.2) is 12.4 Å². The van der Waals surface area contributed by atoms with Gasteiger partial charge in [0.25, 0.3) is 0 Å². The first-order valence-electron chi connectivity index (χ1n) is 6.93. The number of hydrogen-bond donors (Lipinski definition) is 1. The first-order valence-corrected chi connectivity index (χ1v) is 6.93. The van der Waals surface area contributed by atoms with Gasteiger partial charge in [-0.25, -0.2) is 4.98 Å². The van der Waals surface area contributed by atoms with Crippen molar-refractivity contribution in [3.8, 4) is 0 Å². The first-order chi connectivity index (χ1) is 8.26. The third-order valence-electron chi connectivity index (χ3n) is 4.21. The van der Waals surface area contributed by atoms with Gasteiger partial charge in [-0.3, -0.25) is 0 Å². The molecule has 96 valence electrons. The number of hydrogen-bond acceptors (Lipinski definition) is 2. The third kappa shape index (κ3) is 3.09. The van der Waals surface area contributed by atoms with Crippen LogP contribution >= 0.6 is 0 Å². The van der Waals surface area contributed by atoms with E-state index in [4.69, 9.17) is 0 Å². The predicted octanol–water partition coefficient (Wildman–Crippen LogP) is 2.52. The molecule has 0 atom stereocenters. The molecule has 0 radical (unpaired) electrons. The fourth-order valence-electron chi connectivity index (χ4n) is 3.04. The topological polar surface area (TPSA) is 29.9 Å². The van der Waals surface area contributed by atoms with Gasteiger partial charge in [-0.05, 0) is 31.2 Å². The minimum atomic E-state index is 0.544. The highest BCUT2D eigenvalue weighted by molar-refractivity contribution is 4.95. The quantitative estimate of drug-likeness (QED) is 0.821. The van der Waals surface area contributed by atoms with Crippen LogP contribution in [-0.2, 0) is 13.5 Å². The van der Waals surface area contributed by atoms with Crippen molar-refractivity contribution < 1.29 is 0 Å². The van der Waals surface area contributed by atoms with E-state index in [0.29, 0.717) is 5.41 Å². The molecule has 1 aromatic rings. The smallest absolute Gasteiger partial charge is 0.108 e. The molecule has 1 heterocycles. The maximum Gasteiger partial charge on any atom is 0.108 e. The Hall–Kier alpha value is -0.830. The highest BCUT2D eigenvalue weighted by Gasteiger charge is 2.33. The Morgan fingerprint density at radius 2 is 2.18 bits per heavy atom. The van der Waals surface area contributed by atoms with Crippen LogP contribution in [0.25, 0.3) is 0 Å². The molecule has 0 spiro atoms. The van der Waals surface area contributed by atoms with Crippen LogP contribution in [0.4, 0.5) is 0 Å². The summed E-state index contributed by atoms with van der Waals surface area (Å²) in [6.07, 6.45) is 12.0. The number of rotatable bonds is 6. The van der Waals surface area contributed by atoms with Gasteiger partial charge in [-0.15, -0.1) is 0 Å². The molecule has 0 saturated heterocycles. The number of imidazole rings is 1. The Balaban J connectivity index is 1.91. The second-order valence-corrected chi connectivity index (χ2v) is 5.44. The first kappa shape index (κ1) is 12.6. The summed E-state index contributed by atoms with van der Waals surface area (Å²) in [5.41, 5.74) is 0.544. The van der Waals surface area contributed by atoms with Crippen LogP contribution in [0.5, 0.6) is 0 Å². The third-order valence-corrected chi connectivity index (χ3v) is 4.21. The largest absolute Gasteiger partial charge is 0.338 e. The number of aryl methyl sites for hydroxylation is 2. The van der Waals surface area contributed by atoms with E-state index in [1.165, 1.54) is 44.5 Å². The average molecular weight is 235 g/mol. The Labute approximate surface area is 105 Å². The van der Waals surface area contributed by atoms with Crippen LogP contribution in [0, 0.1) is 5.41 Å². The van der Waals surface area contributed by atoms with E-state index in [1.807, 2.05) is 12.4 Å². The monoisotopic (exact) mass is 235 g/mol. The van der Waals surface area contributed by atoms with Crippen molar-refractivity contribution in [2.75, 3.05) is 13.1 Å². The van der Waals surface area contributed by atoms with E-state index in [0.717, 1.165) is 13.0 Å². The number of aromatic nitrogens is 2. The van der Waals surface area contributed by atoms with Crippen molar-refractivity contribution in [1.29, 1.82) is 0 Å². The summed E-state index contributed by atoms with van der Waals surface area (Å²) in [6, 6.07) is 0. The summed E-state index contributed by atoms with van der Waals surface area (Å²) in [5.74, 6) is 1.23. The zero-order valence-electron chi connectivity index (χ0n) is 11.2. The molecule has 1 aliphatic carbocycles. The molecule has 1 aromatic heterocycles. The van der Waals surface area contributed by atoms with E-state index >= 15 is 0 Å². The lowest BCUT2D eigenvalue weighted by molar-refractivity contribution is 0.257. The van der Waals surface area contributed by atoms with E-state index < -0.39 is 0 Å². The van der Waals surface area contributed by atoms with Crippen molar-refractivity contribution in [2.24, 2.45) is 12.5 Å². The summed E-state index contributed by atoms with van der Waals surface area (Å²) in [5, 5.41) is 3.55. The molecule has 0 aromatic carbocycles. The lowest BCUT2D eigenvalue weighted by Crippen LogP contribution is -2.32. The van der Waals surface area contributed by atoms with E-state index in [2.05, 4.69) is 28.8 Å². The molecular weight excluding hydrogens is 210 g/mol. The van der Waals surface area contributed by atoms with Gasteiger partial charge in [0.1, 0.15) is 5.82 Å². The maximum atomic E-state index is 4.43. The zero-order chi connectivity index (χ0) is 12.1. The summed E-state index contributed by atoms with van der Waals surface area (Å²) in [6.45, 7) is 4.47. The van der Waals surface area contributed by atoms with Crippen molar-refractivity contribution in [3.63, 3.8) is 0 Å². The molecule has 3 heteroatoms. The van der Waals surface area contributed by atoms with Crippen LogP contribution in [0.3, 0.4) is 0 Å². The van der Waals surface area contributed by atoms with Gasteiger partial charge in [0, 0.05) is 32.4 Å². The molecule has 1 aliphatic rings. The fraction of sp³-hybridized carbons (Fsp3) is 0.786. The molecule has 1 saturated carbocycles. The Morgan fingerprint density at radius 1 is 1.41 bits per heavy atom. The summed E-state index contributed by atoms with van der Waals surface area (Å²) in [4.78, 5) is 4.43. The molecule has 3 nitrogen and oxygen atoms in total. The van der Waals surface area contributed by atoms with Crippen LogP contribution < -0.4 is 5.32 Å². The molecule has 17 heavy (non-hydrogen) atoms. The fourth-order valence-corrected chi connectivity index (χ4v) is 3.04. The summed E-state index contributed by atoms with van der Waals surface area (Å²) >= 11 is 0. The van der Waals surface area contributed by atoms with Gasteiger partial charge in [-0.2, -0.15) is 0 Å². The summed E-state index contributed by atoms with van der Waals surface area (Å²) in [7, 11) is 2.09. The highest BCUT2D eigenvalue weighted by Crippen LogP contribution is 2.41. The Bertz CT molecular complexity index is 337. The second kappa shape index (κ2) is 5.67. The predicted molar refractivity (Wildman–Crippen MR) is 71.0 cm³/mol. The normalized spacial score (nSPS) is 18.7. The van der Waals surface area contributed by atoms with Gasteiger partial charge in [0.05, 0.1) is 0 Å². The summed E-state index contributed by atoms with van der Waals surface area (Å²) < 4.78 is 2.15. The van der Waals surface area contributed by atoms with Crippen LogP contribution in [0.1, 0.15) is 44.9 Å². The molecule has 1 fully saturated rings. The number of nitrogens with zero attached hydrogens (tertiary/aromatic N) is 2. The van der Waals surface area contributed by atoms with Crippen molar-refractivity contribution in [2.45, 2.75) is 45.4 Å². The SMILES string of the molecule is CCNCC1(CCc2nccn2C)CCCC1. The van der Waals surface area contributed by atoms with Crippen LogP contribution in [0.2, 0.25) is 0 Å². The van der Waals surface area contributed by atoms with Crippen molar-refractivity contribution >= 4 is 0 Å². The van der Waals surface area contributed by atoms with E-state index in [1.54, 1.807) is 0 Å². The van der Waals surface area contributed by atoms with Gasteiger partial charge < -0.3 is 9.88 Å². The van der Waals surface area contributed by atoms with Crippen LogP contribution in [-0.4, -0.2) is 22.6 Å². The lowest BCUT2D eigenvalue weighted by Gasteiger charge is -2.29. The van der Waals surface area contributed by atoms with Gasteiger partial charge in [-0.1, -0.05) is 19.8 Å². The molecule has 0 bridgehead atoms. The Kier molecular flexibility index (Phi) is 4.21. The lowest BCUT2D eigenvalue weighted by atomic mass is 9.81. The zero-order valence-corrected chi connectivity index (χ0v) is 11.2. The average Bonchev–Trinajstić information content (AvgIpc) is 2.94. The van der Waals surface area contributed by atoms with Gasteiger partial charge in [0.2, 0.25) is 0 Å². The molecule has 2 rings (SSSR count). The van der Waals surface area contributed by atoms with Crippen molar-refractivity contribution in [1.82, 2.24) is 14.9 Å². The minimum Gasteiger partial charge on any atom is -0.338 e. The standard InChI is InChI=1S/C14H25N3/c1-3-15-12-14(7-4-5-8-14)9-6-13-16-10-11-17(13)2/h10-11,15H,3-9,12H2,1-2H3. The maximum absolute atomic E-state index is 4.43. The van der Waals surface area contributed by atoms with Gasteiger partial charge >= 0.3 is 0 Å². The molecule has 0 unspecified atom stereocenters. The Morgan fingerprint density at radius 3 is 2.76 bits per heavy atom. The van der Waals surface area contributed by atoms with Crippen molar-refractivity contribution in [3.05, 3.63) is 18.2 Å². The second-order valence-electron chi connectivity index (χ2n) is 5.44. The molecule has 0 amide bonds. The number of nitrogens with one attached hydrogen (secondary N) is 1. The highest BCUT2D eigenvalue weighted by atomic mass is 15.0. The molecule has 1 N–H and O–H groups in total. The molecular formula is C14H25N3. The van der Waals surface area contributed by atoms with E-state index in [9.17, 15) is 0 Å². The minimum absolute atomic E-state index is 0.544. The van der Waals surface area contributed by atoms with Gasteiger partial charge in [0.15, 0.2) is 0 Å². The van der Waals surface area contributed by atoms with E-state index in [-0.39, 0.29) is 0 Å². The molecule has 0 aliphatic heterocycles.